The number of rotatable bonds is 6. The van der Waals surface area contributed by atoms with Crippen LogP contribution < -0.4 is 14.2 Å². The predicted molar refractivity (Wildman–Crippen MR) is 129 cm³/mol. The first-order valence-electron chi connectivity index (χ1n) is 10.5. The van der Waals surface area contributed by atoms with Gasteiger partial charge in [-0.1, -0.05) is 0 Å². The SMILES string of the molecule is COC(=O)[C@@]1(C)CCCN1Cc1c(Br)c2ccc(OC)cc2c2cc(OC)c(OC)cc12. The number of hydrogen-bond acceptors (Lipinski definition) is 6. The molecule has 1 saturated heterocycles. The number of carbonyl (C=O) groups excluding carboxylic acids is 1. The number of methoxy groups -OCH3 is 4. The van der Waals surface area contributed by atoms with Crippen LogP contribution in [0.25, 0.3) is 21.5 Å². The lowest BCUT2D eigenvalue weighted by atomic mass is 9.94. The van der Waals surface area contributed by atoms with Crippen molar-refractivity contribution in [2.24, 2.45) is 0 Å². The zero-order chi connectivity index (χ0) is 23.0. The van der Waals surface area contributed by atoms with Crippen molar-refractivity contribution in [1.82, 2.24) is 4.90 Å². The summed E-state index contributed by atoms with van der Waals surface area (Å²) in [4.78, 5) is 14.8. The fourth-order valence-electron chi connectivity index (χ4n) is 4.77. The molecule has 0 radical (unpaired) electrons. The van der Waals surface area contributed by atoms with Gasteiger partial charge in [0.25, 0.3) is 0 Å². The van der Waals surface area contributed by atoms with Crippen molar-refractivity contribution in [2.45, 2.75) is 31.8 Å². The molecule has 3 aromatic rings. The lowest BCUT2D eigenvalue weighted by Gasteiger charge is -2.33. The Morgan fingerprint density at radius 3 is 2.25 bits per heavy atom. The van der Waals surface area contributed by atoms with Crippen molar-refractivity contribution in [3.63, 3.8) is 0 Å². The van der Waals surface area contributed by atoms with Gasteiger partial charge in [-0.05, 0) is 99.7 Å². The molecule has 4 rings (SSSR count). The molecule has 1 atom stereocenters. The van der Waals surface area contributed by atoms with Crippen molar-refractivity contribution in [3.05, 3.63) is 40.4 Å². The largest absolute Gasteiger partial charge is 0.497 e. The molecular formula is C25H28BrNO5. The summed E-state index contributed by atoms with van der Waals surface area (Å²) in [5, 5.41) is 4.19. The van der Waals surface area contributed by atoms with Crippen LogP contribution in [0.3, 0.4) is 0 Å². The van der Waals surface area contributed by atoms with E-state index in [4.69, 9.17) is 18.9 Å². The molecule has 1 heterocycles. The Morgan fingerprint density at radius 2 is 1.62 bits per heavy atom. The van der Waals surface area contributed by atoms with E-state index in [0.29, 0.717) is 18.0 Å². The van der Waals surface area contributed by atoms with Crippen molar-refractivity contribution < 1.29 is 23.7 Å². The highest BCUT2D eigenvalue weighted by Gasteiger charge is 2.44. The molecule has 1 aliphatic heterocycles. The van der Waals surface area contributed by atoms with Crippen LogP contribution >= 0.6 is 15.9 Å². The monoisotopic (exact) mass is 501 g/mol. The van der Waals surface area contributed by atoms with Gasteiger partial charge in [-0.15, -0.1) is 0 Å². The molecule has 0 aromatic heterocycles. The Morgan fingerprint density at radius 1 is 0.969 bits per heavy atom. The number of halogens is 1. The third-order valence-corrected chi connectivity index (χ3v) is 7.54. The second kappa shape index (κ2) is 8.79. The summed E-state index contributed by atoms with van der Waals surface area (Å²) in [6.45, 7) is 3.39. The molecule has 0 N–H and O–H groups in total. The highest BCUT2D eigenvalue weighted by atomic mass is 79.9. The van der Waals surface area contributed by atoms with Crippen molar-refractivity contribution >= 4 is 43.4 Å². The second-order valence-electron chi connectivity index (χ2n) is 8.25. The molecule has 1 aliphatic rings. The first-order chi connectivity index (χ1) is 15.4. The van der Waals surface area contributed by atoms with E-state index in [1.54, 1.807) is 21.3 Å². The van der Waals surface area contributed by atoms with E-state index in [1.165, 1.54) is 7.11 Å². The number of hydrogen-bond donors (Lipinski definition) is 0. The number of esters is 1. The summed E-state index contributed by atoms with van der Waals surface area (Å²) in [5.74, 6) is 1.91. The molecule has 0 amide bonds. The maximum absolute atomic E-state index is 12.6. The maximum atomic E-state index is 12.6. The Labute approximate surface area is 196 Å². The number of likely N-dealkylation sites (tertiary alicyclic amines) is 1. The third kappa shape index (κ3) is 3.57. The molecule has 7 heteroatoms. The van der Waals surface area contributed by atoms with Gasteiger partial charge in [0.2, 0.25) is 0 Å². The van der Waals surface area contributed by atoms with Crippen LogP contribution in [0.1, 0.15) is 25.3 Å². The summed E-state index contributed by atoms with van der Waals surface area (Å²) in [7, 11) is 6.39. The van der Waals surface area contributed by atoms with Crippen LogP contribution in [-0.4, -0.2) is 51.4 Å². The van der Waals surface area contributed by atoms with Crippen LogP contribution in [0, 0.1) is 0 Å². The zero-order valence-corrected chi connectivity index (χ0v) is 20.7. The van der Waals surface area contributed by atoms with Crippen LogP contribution in [0.15, 0.2) is 34.8 Å². The summed E-state index contributed by atoms with van der Waals surface area (Å²) in [6, 6.07) is 10.1. The van der Waals surface area contributed by atoms with Crippen LogP contribution in [0.4, 0.5) is 0 Å². The average molecular weight is 502 g/mol. The van der Waals surface area contributed by atoms with Crippen molar-refractivity contribution in [2.75, 3.05) is 35.0 Å². The van der Waals surface area contributed by atoms with Crippen molar-refractivity contribution in [1.29, 1.82) is 0 Å². The first-order valence-corrected chi connectivity index (χ1v) is 11.3. The molecule has 3 aromatic carbocycles. The Bertz CT molecular complexity index is 1190. The van der Waals surface area contributed by atoms with Gasteiger partial charge < -0.3 is 18.9 Å². The van der Waals surface area contributed by atoms with Gasteiger partial charge in [0.1, 0.15) is 11.3 Å². The maximum Gasteiger partial charge on any atom is 0.326 e. The number of carbonyl (C=O) groups is 1. The molecule has 32 heavy (non-hydrogen) atoms. The van der Waals surface area contributed by atoms with Gasteiger partial charge >= 0.3 is 5.97 Å². The smallest absolute Gasteiger partial charge is 0.326 e. The summed E-state index contributed by atoms with van der Waals surface area (Å²) >= 11 is 3.87. The van der Waals surface area contributed by atoms with Crippen molar-refractivity contribution in [3.8, 4) is 17.2 Å². The molecule has 6 nitrogen and oxygen atoms in total. The highest BCUT2D eigenvalue weighted by molar-refractivity contribution is 9.10. The van der Waals surface area contributed by atoms with E-state index in [1.807, 2.05) is 31.2 Å². The van der Waals surface area contributed by atoms with Crippen LogP contribution in [0.5, 0.6) is 17.2 Å². The quantitative estimate of drug-likeness (QED) is 0.337. The number of ether oxygens (including phenoxy) is 4. The van der Waals surface area contributed by atoms with Gasteiger partial charge in [0, 0.05) is 11.0 Å². The molecule has 0 aliphatic carbocycles. The number of nitrogens with zero attached hydrogens (tertiary/aromatic N) is 1. The minimum absolute atomic E-state index is 0.194. The third-order valence-electron chi connectivity index (χ3n) is 6.63. The topological polar surface area (TPSA) is 57.2 Å². The van der Waals surface area contributed by atoms with E-state index in [-0.39, 0.29) is 5.97 Å². The Balaban J connectivity index is 1.98. The number of benzene rings is 3. The van der Waals surface area contributed by atoms with Crippen LogP contribution in [0.2, 0.25) is 0 Å². The first kappa shape index (κ1) is 22.7. The second-order valence-corrected chi connectivity index (χ2v) is 9.04. The lowest BCUT2D eigenvalue weighted by molar-refractivity contribution is -0.152. The molecular weight excluding hydrogens is 474 g/mol. The minimum atomic E-state index is -0.647. The number of fused-ring (bicyclic) bond motifs is 3. The van der Waals surface area contributed by atoms with Gasteiger partial charge in [-0.3, -0.25) is 9.69 Å². The van der Waals surface area contributed by atoms with Gasteiger partial charge in [0.05, 0.1) is 28.4 Å². The van der Waals surface area contributed by atoms with E-state index in [0.717, 1.165) is 56.7 Å². The van der Waals surface area contributed by atoms with E-state index in [9.17, 15) is 4.79 Å². The van der Waals surface area contributed by atoms with E-state index >= 15 is 0 Å². The predicted octanol–water partition coefficient (Wildman–Crippen LogP) is 5.31. The molecule has 0 saturated carbocycles. The minimum Gasteiger partial charge on any atom is -0.497 e. The average Bonchev–Trinajstić information content (AvgIpc) is 3.20. The molecule has 0 bridgehead atoms. The van der Waals surface area contributed by atoms with Crippen LogP contribution in [-0.2, 0) is 16.1 Å². The fraction of sp³-hybridized carbons (Fsp3) is 0.400. The Hall–Kier alpha value is -2.51. The highest BCUT2D eigenvalue weighted by Crippen LogP contribution is 2.44. The van der Waals surface area contributed by atoms with Gasteiger partial charge in [0.15, 0.2) is 11.5 Å². The van der Waals surface area contributed by atoms with Gasteiger partial charge in [-0.25, -0.2) is 0 Å². The summed E-state index contributed by atoms with van der Waals surface area (Å²) in [6.07, 6.45) is 1.72. The lowest BCUT2D eigenvalue weighted by Crippen LogP contribution is -2.48. The molecule has 0 spiro atoms. The fourth-order valence-corrected chi connectivity index (χ4v) is 5.45. The normalized spacial score (nSPS) is 18.8. The molecule has 1 fully saturated rings. The summed E-state index contributed by atoms with van der Waals surface area (Å²) < 4.78 is 22.8. The Kier molecular flexibility index (Phi) is 6.23. The standard InChI is InChI=1S/C25H28BrNO5/c1-25(24(28)32-5)9-6-10-27(25)14-20-19-13-22(31-4)21(30-3)12-18(19)17-11-15(29-2)7-8-16(17)23(20)26/h7-8,11-13H,6,9-10,14H2,1-5H3/t25-/m1/s1. The van der Waals surface area contributed by atoms with Gasteiger partial charge in [-0.2, -0.15) is 0 Å². The zero-order valence-electron chi connectivity index (χ0n) is 19.1. The molecule has 170 valence electrons. The van der Waals surface area contributed by atoms with E-state index < -0.39 is 5.54 Å². The molecule has 0 unspecified atom stereocenters. The summed E-state index contributed by atoms with van der Waals surface area (Å²) in [5.41, 5.74) is 0.446. The van der Waals surface area contributed by atoms with E-state index in [2.05, 4.69) is 26.9 Å².